The molecule has 0 aliphatic carbocycles. The second-order valence-corrected chi connectivity index (χ2v) is 7.28. The lowest BCUT2D eigenvalue weighted by atomic mass is 10.3. The van der Waals surface area contributed by atoms with Gasteiger partial charge in [0.2, 0.25) is 11.9 Å². The summed E-state index contributed by atoms with van der Waals surface area (Å²) in [6, 6.07) is 0. The van der Waals surface area contributed by atoms with Crippen LogP contribution in [0.1, 0.15) is 24.8 Å². The van der Waals surface area contributed by atoms with Gasteiger partial charge in [-0.3, -0.25) is 14.6 Å². The minimum atomic E-state index is 0.304. The molecule has 2 aliphatic heterocycles. The smallest absolute Gasteiger partial charge is 0.236 e. The zero-order chi connectivity index (χ0) is 17.6. The molecule has 1 amide bonds. The number of anilines is 1. The second kappa shape index (κ2) is 8.58. The van der Waals surface area contributed by atoms with Gasteiger partial charge < -0.3 is 9.80 Å². The molecule has 138 valence electrons. The van der Waals surface area contributed by atoms with Gasteiger partial charge in [0, 0.05) is 64.8 Å². The largest absolute Gasteiger partial charge is 0.347 e. The molecule has 0 atom stereocenters. The van der Waals surface area contributed by atoms with Crippen LogP contribution in [0.3, 0.4) is 0 Å². The van der Waals surface area contributed by atoms with Gasteiger partial charge >= 0.3 is 0 Å². The van der Waals surface area contributed by atoms with Gasteiger partial charge in [-0.1, -0.05) is 0 Å². The molecule has 0 radical (unpaired) electrons. The first-order chi connectivity index (χ1) is 12.1. The SMILES string of the molecule is CN(C)c1ncc(CN2CCCN(CC(=O)N3CCCC3)CC2)cn1. The molecule has 2 saturated heterocycles. The predicted molar refractivity (Wildman–Crippen MR) is 98.5 cm³/mol. The molecule has 7 nitrogen and oxygen atoms in total. The van der Waals surface area contributed by atoms with Crippen molar-refractivity contribution in [2.45, 2.75) is 25.8 Å². The molecular weight excluding hydrogens is 316 g/mol. The molecule has 0 spiro atoms. The molecule has 0 aromatic carbocycles. The normalized spacial score (nSPS) is 19.8. The van der Waals surface area contributed by atoms with Crippen molar-refractivity contribution in [3.63, 3.8) is 0 Å². The number of rotatable bonds is 5. The van der Waals surface area contributed by atoms with Crippen LogP contribution in [0.25, 0.3) is 0 Å². The molecule has 25 heavy (non-hydrogen) atoms. The average molecular weight is 346 g/mol. The molecule has 2 fully saturated rings. The van der Waals surface area contributed by atoms with Gasteiger partial charge in [-0.25, -0.2) is 9.97 Å². The number of carbonyl (C=O) groups excluding carboxylic acids is 1. The van der Waals surface area contributed by atoms with Gasteiger partial charge in [0.25, 0.3) is 0 Å². The Kier molecular flexibility index (Phi) is 6.20. The van der Waals surface area contributed by atoms with Crippen LogP contribution < -0.4 is 4.90 Å². The summed E-state index contributed by atoms with van der Waals surface area (Å²) >= 11 is 0. The summed E-state index contributed by atoms with van der Waals surface area (Å²) < 4.78 is 0. The third kappa shape index (κ3) is 5.12. The zero-order valence-corrected chi connectivity index (χ0v) is 15.5. The molecule has 7 heteroatoms. The molecule has 0 bridgehead atoms. The van der Waals surface area contributed by atoms with Crippen LogP contribution in [0.2, 0.25) is 0 Å². The third-order valence-corrected chi connectivity index (χ3v) is 5.00. The number of hydrogen-bond acceptors (Lipinski definition) is 6. The fourth-order valence-corrected chi connectivity index (χ4v) is 3.52. The van der Waals surface area contributed by atoms with Crippen LogP contribution in [-0.2, 0) is 11.3 Å². The van der Waals surface area contributed by atoms with Crippen molar-refractivity contribution in [2.24, 2.45) is 0 Å². The van der Waals surface area contributed by atoms with E-state index in [2.05, 4.69) is 19.8 Å². The number of hydrogen-bond donors (Lipinski definition) is 0. The third-order valence-electron chi connectivity index (χ3n) is 5.00. The fraction of sp³-hybridized carbons (Fsp3) is 0.722. The van der Waals surface area contributed by atoms with E-state index in [1.807, 2.05) is 36.3 Å². The summed E-state index contributed by atoms with van der Waals surface area (Å²) in [4.78, 5) is 29.8. The Morgan fingerprint density at radius 2 is 1.60 bits per heavy atom. The lowest BCUT2D eigenvalue weighted by molar-refractivity contribution is -0.131. The lowest BCUT2D eigenvalue weighted by Gasteiger charge is -2.24. The van der Waals surface area contributed by atoms with Gasteiger partial charge in [-0.2, -0.15) is 0 Å². The maximum absolute atomic E-state index is 12.3. The maximum Gasteiger partial charge on any atom is 0.236 e. The van der Waals surface area contributed by atoms with Crippen molar-refractivity contribution in [1.29, 1.82) is 0 Å². The summed E-state index contributed by atoms with van der Waals surface area (Å²) in [5, 5.41) is 0. The molecular formula is C18H30N6O. The standard InChI is InChI=1S/C18H30N6O/c1-21(2)18-19-12-16(13-20-18)14-22-6-5-7-23(11-10-22)15-17(25)24-8-3-4-9-24/h12-13H,3-11,14-15H2,1-2H3. The number of carbonyl (C=O) groups is 1. The summed E-state index contributed by atoms with van der Waals surface area (Å²) in [5.74, 6) is 1.05. The topological polar surface area (TPSA) is 55.8 Å². The first kappa shape index (κ1) is 18.1. The van der Waals surface area contributed by atoms with Gasteiger partial charge in [-0.05, 0) is 32.4 Å². The van der Waals surface area contributed by atoms with E-state index in [1.54, 1.807) is 0 Å². The molecule has 1 aromatic rings. The van der Waals surface area contributed by atoms with Gasteiger partial charge in [0.05, 0.1) is 6.54 Å². The number of aromatic nitrogens is 2. The van der Waals surface area contributed by atoms with E-state index in [0.29, 0.717) is 12.5 Å². The van der Waals surface area contributed by atoms with Crippen LogP contribution in [0.4, 0.5) is 5.95 Å². The highest BCUT2D eigenvalue weighted by molar-refractivity contribution is 5.78. The molecule has 0 unspecified atom stereocenters. The van der Waals surface area contributed by atoms with Crippen LogP contribution in [-0.4, -0.2) is 90.5 Å². The Hall–Kier alpha value is -1.73. The van der Waals surface area contributed by atoms with E-state index in [4.69, 9.17) is 0 Å². The Bertz CT molecular complexity index is 555. The highest BCUT2D eigenvalue weighted by atomic mass is 16.2. The Morgan fingerprint density at radius 1 is 0.960 bits per heavy atom. The van der Waals surface area contributed by atoms with Crippen molar-refractivity contribution >= 4 is 11.9 Å². The Morgan fingerprint density at radius 3 is 2.28 bits per heavy atom. The molecule has 3 rings (SSSR count). The van der Waals surface area contributed by atoms with Crippen molar-refractivity contribution in [1.82, 2.24) is 24.7 Å². The number of likely N-dealkylation sites (tertiary alicyclic amines) is 1. The summed E-state index contributed by atoms with van der Waals surface area (Å²) in [7, 11) is 3.89. The van der Waals surface area contributed by atoms with Crippen LogP contribution in [0, 0.1) is 0 Å². The van der Waals surface area contributed by atoms with Crippen LogP contribution in [0.15, 0.2) is 12.4 Å². The van der Waals surface area contributed by atoms with E-state index < -0.39 is 0 Å². The van der Waals surface area contributed by atoms with E-state index >= 15 is 0 Å². The van der Waals surface area contributed by atoms with Crippen molar-refractivity contribution in [3.8, 4) is 0 Å². The second-order valence-electron chi connectivity index (χ2n) is 7.28. The number of amides is 1. The number of nitrogens with zero attached hydrogens (tertiary/aromatic N) is 6. The highest BCUT2D eigenvalue weighted by Crippen LogP contribution is 2.11. The zero-order valence-electron chi connectivity index (χ0n) is 15.5. The van der Waals surface area contributed by atoms with E-state index in [0.717, 1.165) is 76.6 Å². The Labute approximate surface area is 150 Å². The van der Waals surface area contributed by atoms with Gasteiger partial charge in [0.15, 0.2) is 0 Å². The van der Waals surface area contributed by atoms with Gasteiger partial charge in [0.1, 0.15) is 0 Å². The summed E-state index contributed by atoms with van der Waals surface area (Å²) in [6.45, 7) is 7.36. The average Bonchev–Trinajstić information content (AvgIpc) is 3.06. The minimum Gasteiger partial charge on any atom is -0.347 e. The first-order valence-corrected chi connectivity index (χ1v) is 9.32. The predicted octanol–water partition coefficient (Wildman–Crippen LogP) is 0.673. The highest BCUT2D eigenvalue weighted by Gasteiger charge is 2.22. The van der Waals surface area contributed by atoms with Crippen molar-refractivity contribution in [3.05, 3.63) is 18.0 Å². The first-order valence-electron chi connectivity index (χ1n) is 9.32. The van der Waals surface area contributed by atoms with Crippen molar-refractivity contribution in [2.75, 3.05) is 64.8 Å². The quantitative estimate of drug-likeness (QED) is 0.781. The fourth-order valence-electron chi connectivity index (χ4n) is 3.52. The molecule has 0 N–H and O–H groups in total. The van der Waals surface area contributed by atoms with Crippen LogP contribution >= 0.6 is 0 Å². The van der Waals surface area contributed by atoms with Crippen LogP contribution in [0.5, 0.6) is 0 Å². The molecule has 3 heterocycles. The monoisotopic (exact) mass is 346 g/mol. The van der Waals surface area contributed by atoms with E-state index in [-0.39, 0.29) is 0 Å². The van der Waals surface area contributed by atoms with Gasteiger partial charge in [-0.15, -0.1) is 0 Å². The summed E-state index contributed by atoms with van der Waals surface area (Å²) in [6.07, 6.45) is 7.26. The van der Waals surface area contributed by atoms with E-state index in [1.165, 1.54) is 0 Å². The minimum absolute atomic E-state index is 0.304. The van der Waals surface area contributed by atoms with Crippen molar-refractivity contribution < 1.29 is 4.79 Å². The molecule has 0 saturated carbocycles. The maximum atomic E-state index is 12.3. The molecule has 1 aromatic heterocycles. The summed E-state index contributed by atoms with van der Waals surface area (Å²) in [5.41, 5.74) is 1.15. The Balaban J connectivity index is 1.47. The lowest BCUT2D eigenvalue weighted by Crippen LogP contribution is -2.40. The van der Waals surface area contributed by atoms with E-state index in [9.17, 15) is 4.79 Å². The molecule has 2 aliphatic rings.